The van der Waals surface area contributed by atoms with Crippen LogP contribution in [0.1, 0.15) is 29.6 Å². The third kappa shape index (κ3) is 2.66. The Hall–Kier alpha value is -1.14. The van der Waals surface area contributed by atoms with Crippen molar-refractivity contribution in [3.63, 3.8) is 0 Å². The number of aromatic nitrogens is 1. The Kier molecular flexibility index (Phi) is 3.92. The molecule has 21 heavy (non-hydrogen) atoms. The summed E-state index contributed by atoms with van der Waals surface area (Å²) in [4.78, 5) is 27.7. The van der Waals surface area contributed by atoms with Crippen molar-refractivity contribution in [3.05, 3.63) is 27.5 Å². The van der Waals surface area contributed by atoms with Crippen molar-refractivity contribution in [2.24, 2.45) is 17.8 Å². The summed E-state index contributed by atoms with van der Waals surface area (Å²) in [6.07, 6.45) is 4.31. The lowest BCUT2D eigenvalue weighted by atomic mass is 9.84. The van der Waals surface area contributed by atoms with Gasteiger partial charge in [0.2, 0.25) is 0 Å². The Morgan fingerprint density at radius 1 is 1.38 bits per heavy atom. The number of carbonyl (C=O) groups excluding carboxylic acids is 1. The molecular formula is C14H14BrClN2O3. The fourth-order valence-corrected chi connectivity index (χ4v) is 4.19. The molecule has 3 rings (SSSR count). The second-order valence-corrected chi connectivity index (χ2v) is 6.96. The van der Waals surface area contributed by atoms with Gasteiger partial charge in [0, 0.05) is 16.7 Å². The van der Waals surface area contributed by atoms with Crippen LogP contribution < -0.4 is 5.32 Å². The molecule has 0 saturated heterocycles. The molecule has 1 aromatic rings. The fraction of sp³-hybridized carbons (Fsp3) is 0.500. The van der Waals surface area contributed by atoms with E-state index in [1.165, 1.54) is 6.20 Å². The maximum Gasteiger partial charge on any atom is 0.308 e. The molecule has 112 valence electrons. The third-order valence-corrected chi connectivity index (χ3v) is 5.28. The highest BCUT2D eigenvalue weighted by molar-refractivity contribution is 9.10. The number of carboxylic acids is 1. The van der Waals surface area contributed by atoms with Gasteiger partial charge < -0.3 is 10.4 Å². The molecule has 2 saturated carbocycles. The van der Waals surface area contributed by atoms with Crippen LogP contribution >= 0.6 is 27.5 Å². The van der Waals surface area contributed by atoms with Gasteiger partial charge in [-0.3, -0.25) is 9.59 Å². The Morgan fingerprint density at radius 3 is 2.81 bits per heavy atom. The minimum Gasteiger partial charge on any atom is -0.481 e. The van der Waals surface area contributed by atoms with E-state index in [0.717, 1.165) is 19.3 Å². The van der Waals surface area contributed by atoms with Crippen molar-refractivity contribution in [2.45, 2.75) is 25.3 Å². The van der Waals surface area contributed by atoms with Crippen LogP contribution in [0.5, 0.6) is 0 Å². The van der Waals surface area contributed by atoms with E-state index < -0.39 is 11.9 Å². The van der Waals surface area contributed by atoms with Gasteiger partial charge in [-0.15, -0.1) is 0 Å². The summed E-state index contributed by atoms with van der Waals surface area (Å²) in [5.74, 6) is -1.26. The van der Waals surface area contributed by atoms with E-state index in [2.05, 4.69) is 26.2 Å². The van der Waals surface area contributed by atoms with Crippen LogP contribution in [0.2, 0.25) is 5.15 Å². The van der Waals surface area contributed by atoms with Gasteiger partial charge >= 0.3 is 5.97 Å². The molecule has 2 aliphatic rings. The Labute approximate surface area is 135 Å². The minimum absolute atomic E-state index is 0.116. The molecule has 5 nitrogen and oxygen atoms in total. The van der Waals surface area contributed by atoms with Crippen molar-refractivity contribution >= 4 is 39.4 Å². The summed E-state index contributed by atoms with van der Waals surface area (Å²) in [6, 6.07) is 1.27. The van der Waals surface area contributed by atoms with Crippen LogP contribution in [0.4, 0.5) is 0 Å². The molecule has 2 bridgehead atoms. The molecule has 0 radical (unpaired) electrons. The Bertz CT molecular complexity index is 610. The van der Waals surface area contributed by atoms with Crippen molar-refractivity contribution < 1.29 is 14.7 Å². The predicted octanol–water partition coefficient (Wildman–Crippen LogP) is 2.73. The minimum atomic E-state index is -0.828. The van der Waals surface area contributed by atoms with Crippen LogP contribution in [0.25, 0.3) is 0 Å². The molecule has 1 aromatic heterocycles. The first kappa shape index (κ1) is 14.8. The summed E-state index contributed by atoms with van der Waals surface area (Å²) in [5, 5.41) is 12.4. The van der Waals surface area contributed by atoms with Crippen LogP contribution in [-0.4, -0.2) is 28.0 Å². The molecule has 2 aliphatic carbocycles. The summed E-state index contributed by atoms with van der Waals surface area (Å²) in [7, 11) is 0. The SMILES string of the molecule is O=C(NC1C2CCC(C2)C1C(=O)O)c1cc(Br)cnc1Cl. The number of nitrogens with zero attached hydrogens (tertiary/aromatic N) is 1. The molecule has 0 spiro atoms. The van der Waals surface area contributed by atoms with Gasteiger partial charge in [0.15, 0.2) is 0 Å². The van der Waals surface area contributed by atoms with Crippen LogP contribution in [0, 0.1) is 17.8 Å². The quantitative estimate of drug-likeness (QED) is 0.799. The van der Waals surface area contributed by atoms with Crippen molar-refractivity contribution in [3.8, 4) is 0 Å². The van der Waals surface area contributed by atoms with Gasteiger partial charge in [0.1, 0.15) is 5.15 Å². The maximum atomic E-state index is 12.4. The number of carboxylic acid groups (broad SMARTS) is 1. The summed E-state index contributed by atoms with van der Waals surface area (Å²) < 4.78 is 0.653. The van der Waals surface area contributed by atoms with E-state index in [1.807, 2.05) is 0 Å². The van der Waals surface area contributed by atoms with Gasteiger partial charge in [-0.25, -0.2) is 4.98 Å². The lowest BCUT2D eigenvalue weighted by molar-refractivity contribution is -0.144. The number of nitrogens with one attached hydrogen (secondary N) is 1. The average Bonchev–Trinajstić information content (AvgIpc) is 3.02. The normalized spacial score (nSPS) is 30.4. The van der Waals surface area contributed by atoms with Gasteiger partial charge in [-0.1, -0.05) is 11.6 Å². The standard InChI is InChI=1S/C14H14BrClN2O3/c15-8-4-9(12(16)17-5-8)13(19)18-11-7-2-1-6(3-7)10(11)14(20)21/h4-7,10-11H,1-3H2,(H,18,19)(H,20,21). The predicted molar refractivity (Wildman–Crippen MR) is 80.2 cm³/mol. The third-order valence-electron chi connectivity index (χ3n) is 4.55. The Morgan fingerprint density at radius 2 is 2.10 bits per heavy atom. The number of fused-ring (bicyclic) bond motifs is 2. The van der Waals surface area contributed by atoms with Crippen LogP contribution in [-0.2, 0) is 4.79 Å². The molecule has 1 heterocycles. The highest BCUT2D eigenvalue weighted by Gasteiger charge is 2.51. The van der Waals surface area contributed by atoms with Gasteiger partial charge in [-0.2, -0.15) is 0 Å². The molecule has 4 unspecified atom stereocenters. The van der Waals surface area contributed by atoms with E-state index in [9.17, 15) is 14.7 Å². The van der Waals surface area contributed by atoms with E-state index in [1.54, 1.807) is 6.07 Å². The molecular weight excluding hydrogens is 360 g/mol. The lowest BCUT2D eigenvalue weighted by Crippen LogP contribution is -2.46. The zero-order valence-electron chi connectivity index (χ0n) is 11.1. The van der Waals surface area contributed by atoms with Gasteiger partial charge in [0.25, 0.3) is 5.91 Å². The Balaban J connectivity index is 1.81. The zero-order chi connectivity index (χ0) is 15.1. The summed E-state index contributed by atoms with van der Waals surface area (Å²) in [6.45, 7) is 0. The van der Waals surface area contributed by atoms with Gasteiger partial charge in [-0.05, 0) is 53.1 Å². The highest BCUT2D eigenvalue weighted by Crippen LogP contribution is 2.48. The van der Waals surface area contributed by atoms with E-state index >= 15 is 0 Å². The molecule has 4 atom stereocenters. The van der Waals surface area contributed by atoms with Crippen LogP contribution in [0.15, 0.2) is 16.7 Å². The maximum absolute atomic E-state index is 12.4. The number of hydrogen-bond acceptors (Lipinski definition) is 3. The number of amides is 1. The number of hydrogen-bond donors (Lipinski definition) is 2. The number of rotatable bonds is 3. The number of halogens is 2. The first-order valence-electron chi connectivity index (χ1n) is 6.82. The number of pyridine rings is 1. The fourth-order valence-electron chi connectivity index (χ4n) is 3.67. The first-order chi connectivity index (χ1) is 9.97. The molecule has 7 heteroatoms. The number of carbonyl (C=O) groups is 2. The van der Waals surface area contributed by atoms with E-state index in [4.69, 9.17) is 11.6 Å². The topological polar surface area (TPSA) is 79.3 Å². The van der Waals surface area contributed by atoms with E-state index in [-0.39, 0.29) is 34.5 Å². The summed E-state index contributed by atoms with van der Waals surface area (Å²) in [5.41, 5.74) is 0.262. The highest BCUT2D eigenvalue weighted by atomic mass is 79.9. The second kappa shape index (κ2) is 5.57. The summed E-state index contributed by atoms with van der Waals surface area (Å²) >= 11 is 9.20. The molecule has 2 N–H and O–H groups in total. The molecule has 0 aliphatic heterocycles. The van der Waals surface area contributed by atoms with Gasteiger partial charge in [0.05, 0.1) is 11.5 Å². The average molecular weight is 374 g/mol. The molecule has 0 aromatic carbocycles. The number of aliphatic carboxylic acids is 1. The molecule has 2 fully saturated rings. The monoisotopic (exact) mass is 372 g/mol. The van der Waals surface area contributed by atoms with Crippen LogP contribution in [0.3, 0.4) is 0 Å². The second-order valence-electron chi connectivity index (χ2n) is 5.69. The lowest BCUT2D eigenvalue weighted by Gasteiger charge is -2.28. The van der Waals surface area contributed by atoms with Crippen molar-refractivity contribution in [1.29, 1.82) is 0 Å². The van der Waals surface area contributed by atoms with E-state index in [0.29, 0.717) is 4.47 Å². The van der Waals surface area contributed by atoms with Crippen molar-refractivity contribution in [1.82, 2.24) is 10.3 Å². The first-order valence-corrected chi connectivity index (χ1v) is 7.99. The largest absolute Gasteiger partial charge is 0.481 e. The van der Waals surface area contributed by atoms with Crippen molar-refractivity contribution in [2.75, 3.05) is 0 Å². The smallest absolute Gasteiger partial charge is 0.308 e. The zero-order valence-corrected chi connectivity index (χ0v) is 13.4. The molecule has 1 amide bonds.